The lowest BCUT2D eigenvalue weighted by atomic mass is 10.0. The molecule has 3 rings (SSSR count). The van der Waals surface area contributed by atoms with Gasteiger partial charge in [0, 0.05) is 15.8 Å². The highest BCUT2D eigenvalue weighted by molar-refractivity contribution is 8.00. The summed E-state index contributed by atoms with van der Waals surface area (Å²) >= 11 is 1.93. The molecule has 1 saturated heterocycles. The summed E-state index contributed by atoms with van der Waals surface area (Å²) in [5.41, 5.74) is 1.78. The molecule has 2 aliphatic rings. The van der Waals surface area contributed by atoms with Crippen molar-refractivity contribution < 1.29 is 19.4 Å². The molecule has 136 valence electrons. The first-order valence-electron chi connectivity index (χ1n) is 8.99. The van der Waals surface area contributed by atoms with Gasteiger partial charge >= 0.3 is 5.97 Å². The molecule has 0 radical (unpaired) electrons. The van der Waals surface area contributed by atoms with E-state index in [9.17, 15) is 9.59 Å². The third-order valence-electron chi connectivity index (χ3n) is 4.90. The van der Waals surface area contributed by atoms with Crippen LogP contribution in [0, 0.1) is 6.92 Å². The van der Waals surface area contributed by atoms with Gasteiger partial charge in [0.25, 0.3) is 5.91 Å². The van der Waals surface area contributed by atoms with Gasteiger partial charge in [0.15, 0.2) is 6.10 Å². The van der Waals surface area contributed by atoms with Crippen molar-refractivity contribution in [1.82, 2.24) is 0 Å². The molecule has 2 atom stereocenters. The molecule has 2 fully saturated rings. The van der Waals surface area contributed by atoms with Crippen molar-refractivity contribution in [3.05, 3.63) is 23.8 Å². The highest BCUT2D eigenvalue weighted by Gasteiger charge is 2.34. The zero-order valence-corrected chi connectivity index (χ0v) is 15.3. The van der Waals surface area contributed by atoms with Crippen LogP contribution in [0.3, 0.4) is 0 Å². The quantitative estimate of drug-likeness (QED) is 0.827. The van der Waals surface area contributed by atoms with Crippen LogP contribution in [0.2, 0.25) is 0 Å². The van der Waals surface area contributed by atoms with Crippen LogP contribution < -0.4 is 5.32 Å². The van der Waals surface area contributed by atoms with Gasteiger partial charge in [0.2, 0.25) is 0 Å². The molecular weight excluding hydrogens is 338 g/mol. The van der Waals surface area contributed by atoms with E-state index in [0.717, 1.165) is 11.3 Å². The molecule has 5 nitrogen and oxygen atoms in total. The van der Waals surface area contributed by atoms with Gasteiger partial charge in [-0.2, -0.15) is 0 Å². The second-order valence-corrected chi connectivity index (χ2v) is 8.25. The van der Waals surface area contributed by atoms with Crippen LogP contribution in [-0.2, 0) is 14.3 Å². The van der Waals surface area contributed by atoms with Gasteiger partial charge < -0.3 is 15.2 Å². The molecule has 2 N–H and O–H groups in total. The second-order valence-electron chi connectivity index (χ2n) is 6.87. The van der Waals surface area contributed by atoms with Crippen LogP contribution in [0.4, 0.5) is 5.69 Å². The van der Waals surface area contributed by atoms with Crippen molar-refractivity contribution in [2.75, 3.05) is 5.32 Å². The van der Waals surface area contributed by atoms with E-state index in [1.54, 1.807) is 0 Å². The second kappa shape index (κ2) is 8.23. The fourth-order valence-corrected chi connectivity index (χ4v) is 4.80. The van der Waals surface area contributed by atoms with E-state index in [0.29, 0.717) is 18.1 Å². The monoisotopic (exact) mass is 363 g/mol. The Morgan fingerprint density at radius 2 is 1.84 bits per heavy atom. The van der Waals surface area contributed by atoms with Crippen molar-refractivity contribution in [2.24, 2.45) is 0 Å². The average Bonchev–Trinajstić information content (AvgIpc) is 3.09. The van der Waals surface area contributed by atoms with Crippen molar-refractivity contribution in [2.45, 2.75) is 74.2 Å². The first kappa shape index (κ1) is 18.3. The zero-order valence-electron chi connectivity index (χ0n) is 14.5. The van der Waals surface area contributed by atoms with Gasteiger partial charge in [-0.15, -0.1) is 11.8 Å². The lowest BCUT2D eigenvalue weighted by Crippen LogP contribution is -2.30. The minimum Gasteiger partial charge on any atom is -0.479 e. The molecule has 0 aromatic heterocycles. The number of thioether (sulfide) groups is 1. The fraction of sp³-hybridized carbons (Fsp3) is 0.579. The molecule has 1 aliphatic carbocycles. The maximum atomic E-state index is 12.3. The van der Waals surface area contributed by atoms with Gasteiger partial charge in [-0.3, -0.25) is 4.79 Å². The Morgan fingerprint density at radius 3 is 2.48 bits per heavy atom. The standard InChI is InChI=1S/C19H25NO4S/c1-12-11-14(25-13-5-3-2-4-6-13)7-8-15(12)20-18(21)16-9-10-17(24-16)19(22)23/h7-8,11,13,16-17H,2-6,9-10H2,1H3,(H,20,21)(H,22,23)/t16-,17+/m0/s1. The van der Waals surface area contributed by atoms with Crippen molar-refractivity contribution >= 4 is 29.3 Å². The van der Waals surface area contributed by atoms with Gasteiger partial charge in [0.1, 0.15) is 6.10 Å². The molecule has 1 aromatic carbocycles. The van der Waals surface area contributed by atoms with E-state index in [-0.39, 0.29) is 5.91 Å². The molecule has 1 amide bonds. The highest BCUT2D eigenvalue weighted by atomic mass is 32.2. The summed E-state index contributed by atoms with van der Waals surface area (Å²) in [5, 5.41) is 12.5. The van der Waals surface area contributed by atoms with E-state index in [4.69, 9.17) is 9.84 Å². The topological polar surface area (TPSA) is 75.6 Å². The number of aryl methyl sites for hydroxylation is 1. The Kier molecular flexibility index (Phi) is 6.02. The van der Waals surface area contributed by atoms with Gasteiger partial charge in [-0.25, -0.2) is 4.79 Å². The number of rotatable bonds is 5. The highest BCUT2D eigenvalue weighted by Crippen LogP contribution is 2.35. The Balaban J connectivity index is 1.57. The van der Waals surface area contributed by atoms with Crippen molar-refractivity contribution in [3.8, 4) is 0 Å². The first-order chi connectivity index (χ1) is 12.0. The summed E-state index contributed by atoms with van der Waals surface area (Å²) in [5.74, 6) is -1.27. The molecule has 1 heterocycles. The number of amides is 1. The average molecular weight is 363 g/mol. The summed E-state index contributed by atoms with van der Waals surface area (Å²) < 4.78 is 5.31. The number of ether oxygens (including phenoxy) is 1. The Bertz CT molecular complexity index is 642. The summed E-state index contributed by atoms with van der Waals surface area (Å²) in [6.07, 6.45) is 5.83. The number of nitrogens with one attached hydrogen (secondary N) is 1. The lowest BCUT2D eigenvalue weighted by Gasteiger charge is -2.21. The van der Waals surface area contributed by atoms with Crippen LogP contribution in [-0.4, -0.2) is 34.4 Å². The number of hydrogen-bond donors (Lipinski definition) is 2. The number of carbonyl (C=O) groups excluding carboxylic acids is 1. The first-order valence-corrected chi connectivity index (χ1v) is 9.87. The summed E-state index contributed by atoms with van der Waals surface area (Å²) in [6, 6.07) is 6.10. The number of anilines is 1. The molecule has 0 bridgehead atoms. The Hall–Kier alpha value is -1.53. The Morgan fingerprint density at radius 1 is 1.12 bits per heavy atom. The van der Waals surface area contributed by atoms with Crippen LogP contribution in [0.25, 0.3) is 0 Å². The number of carbonyl (C=O) groups is 2. The van der Waals surface area contributed by atoms with Crippen molar-refractivity contribution in [3.63, 3.8) is 0 Å². The minimum absolute atomic E-state index is 0.264. The molecule has 1 saturated carbocycles. The largest absolute Gasteiger partial charge is 0.479 e. The number of aliphatic carboxylic acids is 1. The third kappa shape index (κ3) is 4.76. The third-order valence-corrected chi connectivity index (χ3v) is 6.23. The van der Waals surface area contributed by atoms with Crippen LogP contribution in [0.15, 0.2) is 23.1 Å². The van der Waals surface area contributed by atoms with Crippen molar-refractivity contribution in [1.29, 1.82) is 0 Å². The molecule has 6 heteroatoms. The molecular formula is C19H25NO4S. The predicted octanol–water partition coefficient (Wildman–Crippen LogP) is 3.99. The maximum absolute atomic E-state index is 12.3. The molecule has 25 heavy (non-hydrogen) atoms. The molecule has 1 aromatic rings. The maximum Gasteiger partial charge on any atom is 0.332 e. The van der Waals surface area contributed by atoms with E-state index < -0.39 is 18.2 Å². The number of benzene rings is 1. The number of carboxylic acids is 1. The number of hydrogen-bond acceptors (Lipinski definition) is 4. The van der Waals surface area contributed by atoms with Gasteiger partial charge in [0.05, 0.1) is 0 Å². The van der Waals surface area contributed by atoms with Crippen LogP contribution >= 0.6 is 11.8 Å². The summed E-state index contributed by atoms with van der Waals surface area (Å²) in [6.45, 7) is 1.98. The predicted molar refractivity (Wildman–Crippen MR) is 98.1 cm³/mol. The van der Waals surface area contributed by atoms with E-state index in [1.807, 2.05) is 24.8 Å². The van der Waals surface area contributed by atoms with E-state index in [2.05, 4.69) is 17.4 Å². The summed E-state index contributed by atoms with van der Waals surface area (Å²) in [7, 11) is 0. The summed E-state index contributed by atoms with van der Waals surface area (Å²) in [4.78, 5) is 24.5. The van der Waals surface area contributed by atoms with Gasteiger partial charge in [-0.05, 0) is 56.4 Å². The lowest BCUT2D eigenvalue weighted by molar-refractivity contribution is -0.150. The van der Waals surface area contributed by atoms with Gasteiger partial charge in [-0.1, -0.05) is 19.3 Å². The minimum atomic E-state index is -1.00. The number of carboxylic acid groups (broad SMARTS) is 1. The molecule has 0 spiro atoms. The van der Waals surface area contributed by atoms with E-state index in [1.165, 1.54) is 37.0 Å². The zero-order chi connectivity index (χ0) is 17.8. The van der Waals surface area contributed by atoms with Crippen LogP contribution in [0.1, 0.15) is 50.5 Å². The molecule has 1 aliphatic heterocycles. The SMILES string of the molecule is Cc1cc(SC2CCCCC2)ccc1NC(=O)[C@@H]1CC[C@H](C(=O)O)O1. The smallest absolute Gasteiger partial charge is 0.332 e. The van der Waals surface area contributed by atoms with E-state index >= 15 is 0 Å². The molecule has 0 unspecified atom stereocenters. The fourth-order valence-electron chi connectivity index (χ4n) is 3.45. The van der Waals surface area contributed by atoms with Crippen LogP contribution in [0.5, 0.6) is 0 Å². The normalized spacial score (nSPS) is 24.2. The Labute approximate surface area is 152 Å².